The molecule has 0 heterocycles. The number of thioether (sulfide) groups is 1. The molecule has 3 aromatic carbocycles. The van der Waals surface area contributed by atoms with Crippen LogP contribution in [0.25, 0.3) is 0 Å². The van der Waals surface area contributed by atoms with E-state index >= 15 is 0 Å². The first-order valence-electron chi connectivity index (χ1n) is 9.99. The van der Waals surface area contributed by atoms with Crippen LogP contribution in [0.4, 0.5) is 11.4 Å². The smallest absolute Gasteiger partial charge is 0.255 e. The molecule has 164 valence electrons. The van der Waals surface area contributed by atoms with Crippen LogP contribution in [0.5, 0.6) is 5.75 Å². The molecule has 2 N–H and O–H groups in total. The van der Waals surface area contributed by atoms with Crippen LogP contribution in [0.15, 0.2) is 77.7 Å². The van der Waals surface area contributed by atoms with E-state index in [1.807, 2.05) is 19.1 Å². The van der Waals surface area contributed by atoms with Gasteiger partial charge in [-0.3, -0.25) is 14.4 Å². The van der Waals surface area contributed by atoms with Crippen molar-refractivity contribution in [2.75, 3.05) is 17.7 Å². The summed E-state index contributed by atoms with van der Waals surface area (Å²) in [6.07, 6.45) is 0. The minimum absolute atomic E-state index is 0.0186. The lowest BCUT2D eigenvalue weighted by Gasteiger charge is -2.13. The summed E-state index contributed by atoms with van der Waals surface area (Å²) in [5, 5.41) is 5.37. The Bertz CT molecular complexity index is 1110. The van der Waals surface area contributed by atoms with E-state index in [1.165, 1.54) is 18.7 Å². The Kier molecular flexibility index (Phi) is 7.68. The Hall–Kier alpha value is -3.58. The lowest BCUT2D eigenvalue weighted by atomic mass is 10.1. The van der Waals surface area contributed by atoms with Gasteiger partial charge in [-0.2, -0.15) is 0 Å². The highest BCUT2D eigenvalue weighted by molar-refractivity contribution is 8.00. The summed E-state index contributed by atoms with van der Waals surface area (Å²) in [6.45, 7) is 3.32. The van der Waals surface area contributed by atoms with E-state index in [0.717, 1.165) is 4.90 Å². The number of ketones is 1. The van der Waals surface area contributed by atoms with Gasteiger partial charge in [-0.1, -0.05) is 6.07 Å². The molecule has 3 rings (SSSR count). The Morgan fingerprint density at radius 2 is 1.47 bits per heavy atom. The predicted octanol–water partition coefficient (Wildman–Crippen LogP) is 5.27. The SMILES string of the molecule is COc1cccc(C(=O)Nc2ccc(SC(C)C(=O)Nc3ccc(C(C)=O)cc3)cc2)c1. The first kappa shape index (κ1) is 23.1. The number of Topliss-reactive ketones (excluding diaryl/α,β-unsaturated/α-hetero) is 1. The van der Waals surface area contributed by atoms with Crippen molar-refractivity contribution >= 4 is 40.7 Å². The molecule has 3 aromatic rings. The lowest BCUT2D eigenvalue weighted by molar-refractivity contribution is -0.115. The van der Waals surface area contributed by atoms with Gasteiger partial charge in [0.15, 0.2) is 5.78 Å². The molecule has 6 nitrogen and oxygen atoms in total. The molecule has 1 atom stereocenters. The number of ether oxygens (including phenoxy) is 1. The Morgan fingerprint density at radius 3 is 2.09 bits per heavy atom. The van der Waals surface area contributed by atoms with Gasteiger partial charge in [0.2, 0.25) is 5.91 Å². The molecular weight excluding hydrogens is 424 g/mol. The van der Waals surface area contributed by atoms with Gasteiger partial charge in [0.1, 0.15) is 5.75 Å². The fourth-order valence-corrected chi connectivity index (χ4v) is 3.74. The predicted molar refractivity (Wildman–Crippen MR) is 128 cm³/mol. The molecule has 0 aliphatic rings. The second-order valence-corrected chi connectivity index (χ2v) is 8.51. The van der Waals surface area contributed by atoms with Crippen molar-refractivity contribution < 1.29 is 19.1 Å². The van der Waals surface area contributed by atoms with Crippen molar-refractivity contribution in [2.45, 2.75) is 24.0 Å². The van der Waals surface area contributed by atoms with Crippen molar-refractivity contribution in [3.8, 4) is 5.75 Å². The van der Waals surface area contributed by atoms with Gasteiger partial charge in [-0.15, -0.1) is 11.8 Å². The highest BCUT2D eigenvalue weighted by Gasteiger charge is 2.15. The van der Waals surface area contributed by atoms with Gasteiger partial charge >= 0.3 is 0 Å². The van der Waals surface area contributed by atoms with E-state index < -0.39 is 0 Å². The molecule has 0 aliphatic carbocycles. The number of carbonyl (C=O) groups excluding carboxylic acids is 3. The topological polar surface area (TPSA) is 84.5 Å². The van der Waals surface area contributed by atoms with E-state index in [1.54, 1.807) is 67.8 Å². The summed E-state index contributed by atoms with van der Waals surface area (Å²) in [5.74, 6) is 0.232. The quantitative estimate of drug-likeness (QED) is 0.362. The Balaban J connectivity index is 1.55. The lowest BCUT2D eigenvalue weighted by Crippen LogP contribution is -2.22. The van der Waals surface area contributed by atoms with Gasteiger partial charge in [0.25, 0.3) is 5.91 Å². The van der Waals surface area contributed by atoms with E-state index in [2.05, 4.69) is 10.6 Å². The monoisotopic (exact) mass is 448 g/mol. The van der Waals surface area contributed by atoms with Crippen LogP contribution in [-0.2, 0) is 4.79 Å². The van der Waals surface area contributed by atoms with Gasteiger partial charge < -0.3 is 15.4 Å². The zero-order chi connectivity index (χ0) is 23.1. The maximum Gasteiger partial charge on any atom is 0.255 e. The summed E-state index contributed by atoms with van der Waals surface area (Å²) >= 11 is 1.41. The van der Waals surface area contributed by atoms with E-state index in [4.69, 9.17) is 4.74 Å². The first-order chi connectivity index (χ1) is 15.4. The molecule has 0 aromatic heterocycles. The number of hydrogen-bond donors (Lipinski definition) is 2. The molecular formula is C25H24N2O4S. The average molecular weight is 449 g/mol. The number of methoxy groups -OCH3 is 1. The van der Waals surface area contributed by atoms with Gasteiger partial charge in [0, 0.05) is 27.4 Å². The van der Waals surface area contributed by atoms with Gasteiger partial charge in [0.05, 0.1) is 12.4 Å². The third-order valence-electron chi connectivity index (χ3n) is 4.69. The van der Waals surface area contributed by atoms with E-state index in [0.29, 0.717) is 28.3 Å². The molecule has 0 spiro atoms. The maximum atomic E-state index is 12.5. The number of nitrogens with one attached hydrogen (secondary N) is 2. The second-order valence-electron chi connectivity index (χ2n) is 7.09. The minimum atomic E-state index is -0.334. The van der Waals surface area contributed by atoms with Crippen LogP contribution in [0.3, 0.4) is 0 Å². The van der Waals surface area contributed by atoms with Crippen molar-refractivity contribution in [2.24, 2.45) is 0 Å². The summed E-state index contributed by atoms with van der Waals surface area (Å²) in [5.41, 5.74) is 2.40. The molecule has 7 heteroatoms. The zero-order valence-electron chi connectivity index (χ0n) is 18.0. The minimum Gasteiger partial charge on any atom is -0.497 e. The maximum absolute atomic E-state index is 12.5. The number of amides is 2. The van der Waals surface area contributed by atoms with Crippen LogP contribution in [0.2, 0.25) is 0 Å². The normalized spacial score (nSPS) is 11.3. The van der Waals surface area contributed by atoms with Crippen LogP contribution in [0, 0.1) is 0 Å². The molecule has 2 amide bonds. The third kappa shape index (κ3) is 6.21. The average Bonchev–Trinajstić information content (AvgIpc) is 2.80. The van der Waals surface area contributed by atoms with Crippen LogP contribution < -0.4 is 15.4 Å². The molecule has 0 fully saturated rings. The zero-order valence-corrected chi connectivity index (χ0v) is 18.9. The van der Waals surface area contributed by atoms with Crippen molar-refractivity contribution in [1.82, 2.24) is 0 Å². The fourth-order valence-electron chi connectivity index (χ4n) is 2.87. The van der Waals surface area contributed by atoms with E-state index in [-0.39, 0.29) is 22.8 Å². The molecule has 32 heavy (non-hydrogen) atoms. The number of benzene rings is 3. The van der Waals surface area contributed by atoms with Crippen LogP contribution in [0.1, 0.15) is 34.6 Å². The van der Waals surface area contributed by atoms with Crippen LogP contribution >= 0.6 is 11.8 Å². The first-order valence-corrected chi connectivity index (χ1v) is 10.9. The summed E-state index contributed by atoms with van der Waals surface area (Å²) < 4.78 is 5.15. The Morgan fingerprint density at radius 1 is 0.844 bits per heavy atom. The molecule has 0 bridgehead atoms. The van der Waals surface area contributed by atoms with Crippen LogP contribution in [-0.4, -0.2) is 30.0 Å². The van der Waals surface area contributed by atoms with Crippen molar-refractivity contribution in [3.05, 3.63) is 83.9 Å². The molecule has 0 aliphatic heterocycles. The van der Waals surface area contributed by atoms with Crippen molar-refractivity contribution in [1.29, 1.82) is 0 Å². The number of carbonyl (C=O) groups is 3. The summed E-state index contributed by atoms with van der Waals surface area (Å²) in [6, 6.07) is 21.0. The number of hydrogen-bond acceptors (Lipinski definition) is 5. The third-order valence-corrected chi connectivity index (χ3v) is 5.80. The number of rotatable bonds is 8. The Labute approximate surface area is 191 Å². The second kappa shape index (κ2) is 10.6. The highest BCUT2D eigenvalue weighted by Crippen LogP contribution is 2.26. The fraction of sp³-hybridized carbons (Fsp3) is 0.160. The molecule has 1 unspecified atom stereocenters. The molecule has 0 radical (unpaired) electrons. The van der Waals surface area contributed by atoms with Gasteiger partial charge in [-0.05, 0) is 80.6 Å². The largest absolute Gasteiger partial charge is 0.497 e. The van der Waals surface area contributed by atoms with E-state index in [9.17, 15) is 14.4 Å². The molecule has 0 saturated carbocycles. The summed E-state index contributed by atoms with van der Waals surface area (Å²) in [7, 11) is 1.55. The number of anilines is 2. The molecule has 0 saturated heterocycles. The standard InChI is InChI=1S/C25H24N2O4S/c1-16(28)18-7-9-20(10-8-18)26-24(29)17(2)32-23-13-11-21(12-14-23)27-25(30)19-5-4-6-22(15-19)31-3/h4-15,17H,1-3H3,(H,26,29)(H,27,30). The van der Waals surface area contributed by atoms with Crippen molar-refractivity contribution in [3.63, 3.8) is 0 Å². The summed E-state index contributed by atoms with van der Waals surface area (Å²) in [4.78, 5) is 37.2. The highest BCUT2D eigenvalue weighted by atomic mass is 32.2. The van der Waals surface area contributed by atoms with Gasteiger partial charge in [-0.25, -0.2) is 0 Å².